The maximum Gasteiger partial charge on any atom is 0.416 e. The average Bonchev–Trinajstić information content (AvgIpc) is 3.14. The molecule has 0 saturated heterocycles. The third-order valence-corrected chi connectivity index (χ3v) is 5.02. The van der Waals surface area contributed by atoms with Crippen LogP contribution in [0, 0.1) is 6.92 Å². The first kappa shape index (κ1) is 20.0. The van der Waals surface area contributed by atoms with Crippen LogP contribution in [-0.2, 0) is 6.18 Å². The SMILES string of the molecule is Cc1ccc(NC(=O)c2nnc(/C(Cl)=C/c3ccc(C(F)(F)F)cc3)s2)cc1. The van der Waals surface area contributed by atoms with Gasteiger partial charge >= 0.3 is 6.18 Å². The monoisotopic (exact) mass is 423 g/mol. The van der Waals surface area contributed by atoms with E-state index in [1.807, 2.05) is 19.1 Å². The molecule has 1 N–H and O–H groups in total. The zero-order chi connectivity index (χ0) is 20.3. The third kappa shape index (κ3) is 4.96. The molecule has 2 aromatic carbocycles. The van der Waals surface area contributed by atoms with Crippen LogP contribution >= 0.6 is 22.9 Å². The van der Waals surface area contributed by atoms with Gasteiger partial charge in [-0.1, -0.05) is 52.8 Å². The Bertz CT molecular complexity index is 1010. The van der Waals surface area contributed by atoms with Crippen molar-refractivity contribution in [2.45, 2.75) is 13.1 Å². The molecule has 0 fully saturated rings. The molecule has 3 aromatic rings. The van der Waals surface area contributed by atoms with Gasteiger partial charge in [-0.3, -0.25) is 4.79 Å². The molecule has 3 rings (SSSR count). The number of hydrogen-bond donors (Lipinski definition) is 1. The molecule has 4 nitrogen and oxygen atoms in total. The van der Waals surface area contributed by atoms with E-state index in [4.69, 9.17) is 11.6 Å². The van der Waals surface area contributed by atoms with Crippen molar-refractivity contribution in [2.75, 3.05) is 5.32 Å². The van der Waals surface area contributed by atoms with Gasteiger partial charge in [-0.05, 0) is 42.8 Å². The van der Waals surface area contributed by atoms with Gasteiger partial charge in [-0.2, -0.15) is 13.2 Å². The minimum absolute atomic E-state index is 0.120. The lowest BCUT2D eigenvalue weighted by atomic mass is 10.1. The van der Waals surface area contributed by atoms with Gasteiger partial charge in [0.25, 0.3) is 5.91 Å². The van der Waals surface area contributed by atoms with Crippen LogP contribution in [0.3, 0.4) is 0 Å². The number of hydrogen-bond acceptors (Lipinski definition) is 4. The van der Waals surface area contributed by atoms with Gasteiger partial charge in [0.2, 0.25) is 5.01 Å². The average molecular weight is 424 g/mol. The second-order valence-electron chi connectivity index (χ2n) is 5.84. The summed E-state index contributed by atoms with van der Waals surface area (Å²) in [5, 5.41) is 11.0. The first-order valence-electron chi connectivity index (χ1n) is 7.99. The Morgan fingerprint density at radius 1 is 1.04 bits per heavy atom. The highest BCUT2D eigenvalue weighted by Crippen LogP contribution is 2.30. The molecule has 0 bridgehead atoms. The van der Waals surface area contributed by atoms with Crippen LogP contribution in [0.4, 0.5) is 18.9 Å². The topological polar surface area (TPSA) is 54.9 Å². The summed E-state index contributed by atoms with van der Waals surface area (Å²) in [5.41, 5.74) is 1.42. The minimum Gasteiger partial charge on any atom is -0.320 e. The highest BCUT2D eigenvalue weighted by molar-refractivity contribution is 7.15. The van der Waals surface area contributed by atoms with Crippen LogP contribution in [0.5, 0.6) is 0 Å². The highest BCUT2D eigenvalue weighted by atomic mass is 35.5. The quantitative estimate of drug-likeness (QED) is 0.572. The van der Waals surface area contributed by atoms with Crippen LogP contribution in [0.2, 0.25) is 0 Å². The number of amides is 1. The Morgan fingerprint density at radius 3 is 2.25 bits per heavy atom. The molecule has 0 saturated carbocycles. The molecule has 0 aliphatic rings. The number of nitrogens with zero attached hydrogens (tertiary/aromatic N) is 2. The highest BCUT2D eigenvalue weighted by Gasteiger charge is 2.29. The lowest BCUT2D eigenvalue weighted by molar-refractivity contribution is -0.137. The molecule has 0 aliphatic carbocycles. The number of benzene rings is 2. The summed E-state index contributed by atoms with van der Waals surface area (Å²) < 4.78 is 37.8. The number of rotatable bonds is 4. The first-order chi connectivity index (χ1) is 13.2. The van der Waals surface area contributed by atoms with E-state index in [-0.39, 0.29) is 15.0 Å². The van der Waals surface area contributed by atoms with E-state index in [0.29, 0.717) is 11.3 Å². The second-order valence-corrected chi connectivity index (χ2v) is 7.23. The lowest BCUT2D eigenvalue weighted by Gasteiger charge is -2.06. The van der Waals surface area contributed by atoms with Crippen LogP contribution < -0.4 is 5.32 Å². The van der Waals surface area contributed by atoms with Crippen LogP contribution in [0.15, 0.2) is 48.5 Å². The normalized spacial score (nSPS) is 12.1. The van der Waals surface area contributed by atoms with Gasteiger partial charge in [-0.15, -0.1) is 10.2 Å². The van der Waals surface area contributed by atoms with Crippen LogP contribution in [-0.4, -0.2) is 16.1 Å². The molecule has 0 radical (unpaired) electrons. The molecule has 0 spiro atoms. The van der Waals surface area contributed by atoms with E-state index in [1.54, 1.807) is 12.1 Å². The molecule has 28 heavy (non-hydrogen) atoms. The molecule has 0 unspecified atom stereocenters. The first-order valence-corrected chi connectivity index (χ1v) is 9.18. The molecular weight excluding hydrogens is 411 g/mol. The number of alkyl halides is 3. The fourth-order valence-electron chi connectivity index (χ4n) is 2.21. The van der Waals surface area contributed by atoms with Gasteiger partial charge in [-0.25, -0.2) is 0 Å². The lowest BCUT2D eigenvalue weighted by Crippen LogP contribution is -2.11. The van der Waals surface area contributed by atoms with E-state index >= 15 is 0 Å². The summed E-state index contributed by atoms with van der Waals surface area (Å²) >= 11 is 7.16. The molecule has 144 valence electrons. The summed E-state index contributed by atoms with van der Waals surface area (Å²) in [6.07, 6.45) is -2.94. The number of halogens is 4. The summed E-state index contributed by atoms with van der Waals surface area (Å²) in [6, 6.07) is 11.8. The Kier molecular flexibility index (Phi) is 5.81. The van der Waals surface area contributed by atoms with Crippen molar-refractivity contribution in [1.82, 2.24) is 10.2 Å². The summed E-state index contributed by atoms with van der Waals surface area (Å²) in [4.78, 5) is 12.3. The molecular formula is C19H13ClF3N3OS. The maximum absolute atomic E-state index is 12.6. The Hall–Kier alpha value is -2.71. The van der Waals surface area contributed by atoms with Gasteiger partial charge in [0.15, 0.2) is 5.01 Å². The molecule has 0 aliphatic heterocycles. The third-order valence-electron chi connectivity index (χ3n) is 3.66. The fraction of sp³-hybridized carbons (Fsp3) is 0.105. The predicted octanol–water partition coefficient (Wildman–Crippen LogP) is 5.85. The Balaban J connectivity index is 1.72. The zero-order valence-electron chi connectivity index (χ0n) is 14.4. The van der Waals surface area contributed by atoms with Crippen molar-refractivity contribution in [3.8, 4) is 0 Å². The Labute approximate surface area is 167 Å². The van der Waals surface area contributed by atoms with Crippen molar-refractivity contribution in [3.05, 3.63) is 75.2 Å². The van der Waals surface area contributed by atoms with E-state index < -0.39 is 17.6 Å². The van der Waals surface area contributed by atoms with E-state index in [0.717, 1.165) is 29.0 Å². The van der Waals surface area contributed by atoms with E-state index in [9.17, 15) is 18.0 Å². The largest absolute Gasteiger partial charge is 0.416 e. The molecule has 9 heteroatoms. The van der Waals surface area contributed by atoms with Gasteiger partial charge < -0.3 is 5.32 Å². The maximum atomic E-state index is 12.6. The van der Waals surface area contributed by atoms with Crippen molar-refractivity contribution in [3.63, 3.8) is 0 Å². The number of nitrogens with one attached hydrogen (secondary N) is 1. The number of carbonyl (C=O) groups is 1. The van der Waals surface area contributed by atoms with Gasteiger partial charge in [0.05, 0.1) is 10.6 Å². The number of aryl methyl sites for hydroxylation is 1. The van der Waals surface area contributed by atoms with Crippen LogP contribution in [0.25, 0.3) is 11.1 Å². The summed E-state index contributed by atoms with van der Waals surface area (Å²) in [6.45, 7) is 1.94. The fourth-order valence-corrected chi connectivity index (χ4v) is 3.14. The number of carbonyl (C=O) groups excluding carboxylic acids is 1. The summed E-state index contributed by atoms with van der Waals surface area (Å²) in [7, 11) is 0. The molecule has 1 aromatic heterocycles. The minimum atomic E-state index is -4.40. The van der Waals surface area contributed by atoms with E-state index in [1.165, 1.54) is 18.2 Å². The molecule has 1 amide bonds. The van der Waals surface area contributed by atoms with E-state index in [2.05, 4.69) is 15.5 Å². The Morgan fingerprint density at radius 2 is 1.64 bits per heavy atom. The van der Waals surface area contributed by atoms with Crippen molar-refractivity contribution >= 4 is 45.6 Å². The summed E-state index contributed by atoms with van der Waals surface area (Å²) in [5.74, 6) is -0.424. The van der Waals surface area contributed by atoms with Crippen molar-refractivity contribution < 1.29 is 18.0 Å². The van der Waals surface area contributed by atoms with Crippen molar-refractivity contribution in [2.24, 2.45) is 0 Å². The van der Waals surface area contributed by atoms with Crippen molar-refractivity contribution in [1.29, 1.82) is 0 Å². The second kappa shape index (κ2) is 8.12. The zero-order valence-corrected chi connectivity index (χ0v) is 16.0. The number of aromatic nitrogens is 2. The van der Waals surface area contributed by atoms with Gasteiger partial charge in [0.1, 0.15) is 0 Å². The number of anilines is 1. The standard InChI is InChI=1S/C19H13ClF3N3OS/c1-11-2-8-14(9-3-11)24-16(27)18-26-25-17(28-18)15(20)10-12-4-6-13(7-5-12)19(21,22)23/h2-10H,1H3,(H,24,27)/b15-10-. The predicted molar refractivity (Wildman–Crippen MR) is 104 cm³/mol. The van der Waals surface area contributed by atoms with Crippen LogP contribution in [0.1, 0.15) is 31.5 Å². The smallest absolute Gasteiger partial charge is 0.320 e. The molecule has 0 atom stereocenters. The van der Waals surface area contributed by atoms with Gasteiger partial charge in [0, 0.05) is 5.69 Å². The molecule has 1 heterocycles.